The number of carbonyl (C=O) groups is 2. The van der Waals surface area contributed by atoms with Crippen molar-refractivity contribution in [3.8, 4) is 5.95 Å². The van der Waals surface area contributed by atoms with Crippen LogP contribution in [0.3, 0.4) is 0 Å². The largest absolute Gasteiger partial charge is 0.345 e. The second kappa shape index (κ2) is 7.81. The van der Waals surface area contributed by atoms with Crippen molar-refractivity contribution in [1.29, 1.82) is 0 Å². The van der Waals surface area contributed by atoms with Crippen LogP contribution in [-0.2, 0) is 9.59 Å². The van der Waals surface area contributed by atoms with E-state index in [9.17, 15) is 14.4 Å². The Labute approximate surface area is 169 Å². The summed E-state index contributed by atoms with van der Waals surface area (Å²) in [6, 6.07) is 2.94. The number of aromatic amines is 1. The molecule has 9 heteroatoms. The molecule has 29 heavy (non-hydrogen) atoms. The molecule has 0 radical (unpaired) electrons. The van der Waals surface area contributed by atoms with Crippen molar-refractivity contribution in [2.24, 2.45) is 11.3 Å². The number of amides is 2. The molecule has 0 bridgehead atoms. The van der Waals surface area contributed by atoms with E-state index in [1.54, 1.807) is 19.9 Å². The summed E-state index contributed by atoms with van der Waals surface area (Å²) in [5.74, 6) is -0.552. The maximum absolute atomic E-state index is 12.5. The number of H-pyrrole nitrogens is 1. The molecule has 1 aliphatic rings. The van der Waals surface area contributed by atoms with Gasteiger partial charge in [-0.3, -0.25) is 19.4 Å². The molecular weight excluding hydrogens is 372 g/mol. The highest BCUT2D eigenvalue weighted by Gasteiger charge is 2.33. The maximum Gasteiger partial charge on any atom is 0.314 e. The molecule has 2 amide bonds. The number of hydrogen-bond acceptors (Lipinski definition) is 5. The normalized spacial score (nSPS) is 20.9. The Bertz CT molecular complexity index is 990. The average Bonchev–Trinajstić information content (AvgIpc) is 2.92. The van der Waals surface area contributed by atoms with Crippen molar-refractivity contribution in [3.05, 3.63) is 33.9 Å². The van der Waals surface area contributed by atoms with E-state index >= 15 is 0 Å². The van der Waals surface area contributed by atoms with E-state index in [0.29, 0.717) is 17.3 Å². The van der Waals surface area contributed by atoms with Crippen LogP contribution >= 0.6 is 0 Å². The summed E-state index contributed by atoms with van der Waals surface area (Å²) in [6.45, 7) is 9.95. The fraction of sp³-hybridized carbons (Fsp3) is 0.550. The monoisotopic (exact) mass is 400 g/mol. The molecule has 1 saturated carbocycles. The van der Waals surface area contributed by atoms with Crippen LogP contribution in [0.25, 0.3) is 5.95 Å². The summed E-state index contributed by atoms with van der Waals surface area (Å²) in [6.07, 6.45) is 2.79. The van der Waals surface area contributed by atoms with E-state index in [2.05, 4.69) is 46.5 Å². The second-order valence-corrected chi connectivity index (χ2v) is 8.83. The van der Waals surface area contributed by atoms with Crippen LogP contribution in [0.2, 0.25) is 0 Å². The number of anilines is 1. The summed E-state index contributed by atoms with van der Waals surface area (Å²) in [5.41, 5.74) is 0.920. The number of aromatic nitrogens is 4. The van der Waals surface area contributed by atoms with Crippen molar-refractivity contribution >= 4 is 17.6 Å². The number of nitrogens with one attached hydrogen (secondary N) is 3. The number of aryl methyl sites for hydroxylation is 2. The molecule has 3 rings (SSSR count). The van der Waals surface area contributed by atoms with Gasteiger partial charge in [-0.2, -0.15) is 9.78 Å². The zero-order valence-electron chi connectivity index (χ0n) is 17.5. The Morgan fingerprint density at radius 2 is 1.90 bits per heavy atom. The quantitative estimate of drug-likeness (QED) is 0.679. The smallest absolute Gasteiger partial charge is 0.314 e. The summed E-state index contributed by atoms with van der Waals surface area (Å²) < 4.78 is 1.31. The molecule has 1 fully saturated rings. The summed E-state index contributed by atoms with van der Waals surface area (Å²) in [5, 5.41) is 9.69. The number of hydrogen-bond donors (Lipinski definition) is 3. The minimum absolute atomic E-state index is 0.0339. The van der Waals surface area contributed by atoms with Gasteiger partial charge < -0.3 is 10.6 Å². The zero-order chi connectivity index (χ0) is 21.3. The van der Waals surface area contributed by atoms with Gasteiger partial charge in [0, 0.05) is 23.9 Å². The van der Waals surface area contributed by atoms with Gasteiger partial charge in [0.05, 0.1) is 5.69 Å². The fourth-order valence-corrected chi connectivity index (χ4v) is 4.29. The molecule has 2 aromatic heterocycles. The standard InChI is InChI=1S/C20H28N6O3/c1-11-6-14(10-20(4,5)9-11)22-17(28)18(29)23-15-7-13(3)25-26(15)19-21-12(2)8-16(27)24-19/h7-8,11,14H,6,9-10H2,1-5H3,(H,22,28)(H,23,29)(H,21,24,27). The van der Waals surface area contributed by atoms with E-state index in [0.717, 1.165) is 19.3 Å². The van der Waals surface area contributed by atoms with Gasteiger partial charge in [-0.1, -0.05) is 20.8 Å². The number of nitrogens with zero attached hydrogens (tertiary/aromatic N) is 3. The van der Waals surface area contributed by atoms with Gasteiger partial charge in [0.1, 0.15) is 5.82 Å². The SMILES string of the molecule is Cc1cc(=O)[nH]c(-n2nc(C)cc2NC(=O)C(=O)NC2CC(C)CC(C)(C)C2)n1. The molecule has 0 aromatic carbocycles. The van der Waals surface area contributed by atoms with Gasteiger partial charge in [0.25, 0.3) is 5.56 Å². The van der Waals surface area contributed by atoms with Crippen molar-refractivity contribution in [2.75, 3.05) is 5.32 Å². The van der Waals surface area contributed by atoms with Crippen molar-refractivity contribution in [1.82, 2.24) is 25.1 Å². The van der Waals surface area contributed by atoms with Crippen LogP contribution in [0.5, 0.6) is 0 Å². The summed E-state index contributed by atoms with van der Waals surface area (Å²) >= 11 is 0. The van der Waals surface area contributed by atoms with Crippen molar-refractivity contribution < 1.29 is 9.59 Å². The minimum Gasteiger partial charge on any atom is -0.345 e. The summed E-state index contributed by atoms with van der Waals surface area (Å²) in [7, 11) is 0. The highest BCUT2D eigenvalue weighted by Crippen LogP contribution is 2.38. The molecule has 2 heterocycles. The molecular formula is C20H28N6O3. The van der Waals surface area contributed by atoms with Gasteiger partial charge in [-0.05, 0) is 44.4 Å². The first kappa shape index (κ1) is 20.8. The van der Waals surface area contributed by atoms with Crippen LogP contribution in [0.1, 0.15) is 51.4 Å². The predicted octanol–water partition coefficient (Wildman–Crippen LogP) is 1.84. The highest BCUT2D eigenvalue weighted by molar-refractivity contribution is 6.39. The Hall–Kier alpha value is -2.97. The molecule has 3 N–H and O–H groups in total. The lowest BCUT2D eigenvalue weighted by Gasteiger charge is -2.39. The highest BCUT2D eigenvalue weighted by atomic mass is 16.2. The lowest BCUT2D eigenvalue weighted by Crippen LogP contribution is -2.46. The third-order valence-corrected chi connectivity index (χ3v) is 5.06. The molecule has 0 saturated heterocycles. The van der Waals surface area contributed by atoms with Gasteiger partial charge in [-0.25, -0.2) is 4.98 Å². The number of carbonyl (C=O) groups excluding carboxylic acids is 2. The fourth-order valence-electron chi connectivity index (χ4n) is 4.29. The molecule has 2 aromatic rings. The minimum atomic E-state index is -0.780. The van der Waals surface area contributed by atoms with E-state index < -0.39 is 11.8 Å². The van der Waals surface area contributed by atoms with E-state index in [1.807, 2.05) is 0 Å². The second-order valence-electron chi connectivity index (χ2n) is 8.83. The first-order valence-electron chi connectivity index (χ1n) is 9.79. The first-order chi connectivity index (χ1) is 13.5. The lowest BCUT2D eigenvalue weighted by molar-refractivity contribution is -0.137. The van der Waals surface area contributed by atoms with E-state index in [-0.39, 0.29) is 28.8 Å². The van der Waals surface area contributed by atoms with Crippen LogP contribution in [0.4, 0.5) is 5.82 Å². The third-order valence-electron chi connectivity index (χ3n) is 5.06. The Morgan fingerprint density at radius 3 is 2.55 bits per heavy atom. The predicted molar refractivity (Wildman–Crippen MR) is 109 cm³/mol. The van der Waals surface area contributed by atoms with Gasteiger partial charge in [0.15, 0.2) is 0 Å². The van der Waals surface area contributed by atoms with Crippen molar-refractivity contribution in [2.45, 2.75) is 59.9 Å². The lowest BCUT2D eigenvalue weighted by atomic mass is 9.70. The molecule has 156 valence electrons. The van der Waals surface area contributed by atoms with Crippen molar-refractivity contribution in [3.63, 3.8) is 0 Å². The van der Waals surface area contributed by atoms with Crippen LogP contribution in [-0.4, -0.2) is 37.6 Å². The van der Waals surface area contributed by atoms with Gasteiger partial charge in [-0.15, -0.1) is 0 Å². The average molecular weight is 400 g/mol. The Morgan fingerprint density at radius 1 is 1.17 bits per heavy atom. The van der Waals surface area contributed by atoms with Gasteiger partial charge >= 0.3 is 11.8 Å². The van der Waals surface area contributed by atoms with Crippen LogP contribution in [0.15, 0.2) is 16.9 Å². The maximum atomic E-state index is 12.5. The van der Waals surface area contributed by atoms with Crippen LogP contribution in [0, 0.1) is 25.2 Å². The van der Waals surface area contributed by atoms with Gasteiger partial charge in [0.2, 0.25) is 5.95 Å². The van der Waals surface area contributed by atoms with E-state index in [4.69, 9.17) is 0 Å². The van der Waals surface area contributed by atoms with Crippen LogP contribution < -0.4 is 16.2 Å². The molecule has 2 unspecified atom stereocenters. The third kappa shape index (κ3) is 5.10. The zero-order valence-corrected chi connectivity index (χ0v) is 17.5. The molecule has 9 nitrogen and oxygen atoms in total. The Kier molecular flexibility index (Phi) is 5.59. The topological polar surface area (TPSA) is 122 Å². The molecule has 2 atom stereocenters. The molecule has 1 aliphatic carbocycles. The van der Waals surface area contributed by atoms with E-state index in [1.165, 1.54) is 10.7 Å². The summed E-state index contributed by atoms with van der Waals surface area (Å²) in [4.78, 5) is 43.5. The molecule has 0 aliphatic heterocycles. The Balaban J connectivity index is 1.74. The first-order valence-corrected chi connectivity index (χ1v) is 9.79. The molecule has 0 spiro atoms. The number of rotatable bonds is 3.